The maximum absolute atomic E-state index is 13.8. The van der Waals surface area contributed by atoms with Gasteiger partial charge in [0.2, 0.25) is 5.28 Å². The van der Waals surface area contributed by atoms with E-state index in [2.05, 4.69) is 25.9 Å². The molecule has 9 heteroatoms. The average Bonchev–Trinajstić information content (AvgIpc) is 2.23. The van der Waals surface area contributed by atoms with E-state index in [0.29, 0.717) is 0 Å². The van der Waals surface area contributed by atoms with Gasteiger partial charge in [-0.2, -0.15) is 0 Å². The van der Waals surface area contributed by atoms with Crippen molar-refractivity contribution in [3.05, 3.63) is 36.9 Å². The largest absolute Gasteiger partial charge is 0.287 e. The summed E-state index contributed by atoms with van der Waals surface area (Å²) in [7, 11) is 0. The van der Waals surface area contributed by atoms with Crippen molar-refractivity contribution in [3.8, 4) is 0 Å². The fourth-order valence-corrected chi connectivity index (χ4v) is 2.14. The van der Waals surface area contributed by atoms with E-state index in [1.165, 1.54) is 0 Å². The maximum Gasteiger partial charge on any atom is 0.287 e. The van der Waals surface area contributed by atoms with Crippen LogP contribution >= 0.6 is 39.1 Å². The molecule has 0 unspecified atom stereocenters. The smallest absolute Gasteiger partial charge is 0.258 e. The molecule has 17 heavy (non-hydrogen) atoms. The molecule has 0 bridgehead atoms. The molecule has 1 heterocycles. The Bertz CT molecular complexity index is 652. The topological polar surface area (TPSA) is 68.9 Å². The molecule has 0 atom stereocenters. The minimum atomic E-state index is -0.902. The van der Waals surface area contributed by atoms with Gasteiger partial charge >= 0.3 is 0 Å². The van der Waals surface area contributed by atoms with E-state index < -0.39 is 16.4 Å². The van der Waals surface area contributed by atoms with Gasteiger partial charge in [0.15, 0.2) is 5.82 Å². The highest BCUT2D eigenvalue weighted by atomic mass is 79.9. The molecule has 0 N–H and O–H groups in total. The van der Waals surface area contributed by atoms with Crippen LogP contribution in [0.3, 0.4) is 0 Å². The normalized spacial score (nSPS) is 10.8. The highest BCUT2D eigenvalue weighted by Crippen LogP contribution is 2.35. The summed E-state index contributed by atoms with van der Waals surface area (Å²) in [6, 6.07) is 1.08. The first kappa shape index (κ1) is 12.4. The van der Waals surface area contributed by atoms with Gasteiger partial charge in [-0.3, -0.25) is 10.1 Å². The van der Waals surface area contributed by atoms with Crippen LogP contribution in [0.25, 0.3) is 10.9 Å². The lowest BCUT2D eigenvalue weighted by Crippen LogP contribution is -1.96. The zero-order valence-electron chi connectivity index (χ0n) is 7.75. The molecule has 0 radical (unpaired) electrons. The fourth-order valence-electron chi connectivity index (χ4n) is 1.26. The molecule has 0 saturated heterocycles. The number of hydrogen-bond acceptors (Lipinski definition) is 4. The van der Waals surface area contributed by atoms with Gasteiger partial charge in [-0.05, 0) is 27.5 Å². The van der Waals surface area contributed by atoms with Gasteiger partial charge in [0, 0.05) is 11.5 Å². The zero-order valence-corrected chi connectivity index (χ0v) is 10.8. The average molecular weight is 341 g/mol. The Balaban J connectivity index is 2.96. The van der Waals surface area contributed by atoms with E-state index in [1.807, 2.05) is 0 Å². The predicted molar refractivity (Wildman–Crippen MR) is 63.9 cm³/mol. The molecule has 0 amide bonds. The summed E-state index contributed by atoms with van der Waals surface area (Å²) in [4.78, 5) is 17.2. The van der Waals surface area contributed by atoms with Gasteiger partial charge in [-0.15, -0.1) is 0 Å². The number of halogens is 4. The Kier molecular flexibility index (Phi) is 3.15. The molecule has 2 aromatic rings. The van der Waals surface area contributed by atoms with E-state index in [4.69, 9.17) is 23.2 Å². The van der Waals surface area contributed by atoms with Crippen molar-refractivity contribution in [2.45, 2.75) is 0 Å². The summed E-state index contributed by atoms with van der Waals surface area (Å²) in [5.74, 6) is -0.902. The minimum Gasteiger partial charge on any atom is -0.258 e. The Hall–Kier alpha value is -1.05. The molecule has 0 aliphatic rings. The molecule has 0 fully saturated rings. The quantitative estimate of drug-likeness (QED) is 0.343. The molecule has 88 valence electrons. The molecule has 0 spiro atoms. The van der Waals surface area contributed by atoms with Crippen molar-refractivity contribution >= 4 is 55.7 Å². The third-order valence-corrected chi connectivity index (χ3v) is 3.19. The number of rotatable bonds is 1. The van der Waals surface area contributed by atoms with Crippen molar-refractivity contribution in [2.75, 3.05) is 0 Å². The third kappa shape index (κ3) is 2.05. The van der Waals surface area contributed by atoms with Crippen LogP contribution in [0.2, 0.25) is 10.4 Å². The molecule has 0 aliphatic heterocycles. The second-order valence-electron chi connectivity index (χ2n) is 2.96. The summed E-state index contributed by atoms with van der Waals surface area (Å²) in [5, 5.41) is 10.3. The number of nitrogens with zero attached hydrogens (tertiary/aromatic N) is 3. The van der Waals surface area contributed by atoms with Crippen LogP contribution in [0.5, 0.6) is 0 Å². The van der Waals surface area contributed by atoms with Crippen molar-refractivity contribution in [3.63, 3.8) is 0 Å². The second-order valence-corrected chi connectivity index (χ2v) is 4.45. The Morgan fingerprint density at radius 2 is 2.06 bits per heavy atom. The summed E-state index contributed by atoms with van der Waals surface area (Å²) in [6.07, 6.45) is 0. The lowest BCUT2D eigenvalue weighted by atomic mass is 10.2. The molecule has 0 aliphatic carbocycles. The van der Waals surface area contributed by atoms with Crippen molar-refractivity contribution in [2.24, 2.45) is 0 Å². The van der Waals surface area contributed by atoms with E-state index in [0.717, 1.165) is 6.07 Å². The monoisotopic (exact) mass is 339 g/mol. The zero-order chi connectivity index (χ0) is 12.7. The van der Waals surface area contributed by atoms with Crippen LogP contribution in [0.1, 0.15) is 0 Å². The van der Waals surface area contributed by atoms with Crippen LogP contribution in [-0.2, 0) is 0 Å². The van der Waals surface area contributed by atoms with Crippen molar-refractivity contribution in [1.29, 1.82) is 0 Å². The van der Waals surface area contributed by atoms with Crippen LogP contribution in [0, 0.1) is 15.9 Å². The lowest BCUT2D eigenvalue weighted by Gasteiger charge is -2.04. The third-order valence-electron chi connectivity index (χ3n) is 1.98. The van der Waals surface area contributed by atoms with Crippen LogP contribution in [-0.4, -0.2) is 14.9 Å². The fraction of sp³-hybridized carbons (Fsp3) is 0. The second kappa shape index (κ2) is 4.32. The first-order valence-corrected chi connectivity index (χ1v) is 5.62. The van der Waals surface area contributed by atoms with Gasteiger partial charge in [-0.1, -0.05) is 11.6 Å². The molecule has 2 rings (SSSR count). The van der Waals surface area contributed by atoms with Crippen molar-refractivity contribution in [1.82, 2.24) is 9.97 Å². The van der Waals surface area contributed by atoms with Crippen LogP contribution < -0.4 is 0 Å². The van der Waals surface area contributed by atoms with Gasteiger partial charge < -0.3 is 0 Å². The predicted octanol–water partition coefficient (Wildman–Crippen LogP) is 3.75. The maximum atomic E-state index is 13.8. The summed E-state index contributed by atoms with van der Waals surface area (Å²) < 4.78 is 13.5. The summed E-state index contributed by atoms with van der Waals surface area (Å²) in [6.45, 7) is 0. The number of aromatic nitrogens is 2. The number of benzene rings is 1. The van der Waals surface area contributed by atoms with E-state index in [-0.39, 0.29) is 25.8 Å². The first-order valence-electron chi connectivity index (χ1n) is 4.07. The van der Waals surface area contributed by atoms with Gasteiger partial charge in [0.25, 0.3) is 5.69 Å². The Labute approximate surface area is 112 Å². The molecule has 5 nitrogen and oxygen atoms in total. The van der Waals surface area contributed by atoms with Gasteiger partial charge in [-0.25, -0.2) is 14.4 Å². The molecular weight excluding hydrogens is 340 g/mol. The van der Waals surface area contributed by atoms with Crippen LogP contribution in [0.4, 0.5) is 10.1 Å². The summed E-state index contributed by atoms with van der Waals surface area (Å²) in [5.41, 5.74) is -0.629. The number of hydrogen-bond donors (Lipinski definition) is 0. The lowest BCUT2D eigenvalue weighted by molar-refractivity contribution is -0.385. The molecule has 0 saturated carbocycles. The minimum absolute atomic E-state index is 0.0310. The molecule has 1 aromatic carbocycles. The van der Waals surface area contributed by atoms with Gasteiger partial charge in [0.05, 0.1) is 4.92 Å². The van der Waals surface area contributed by atoms with E-state index in [9.17, 15) is 14.5 Å². The number of nitro groups is 1. The number of nitro benzene ring substituents is 1. The van der Waals surface area contributed by atoms with Crippen molar-refractivity contribution < 1.29 is 9.31 Å². The number of fused-ring (bicyclic) bond motifs is 1. The SMILES string of the molecule is O=[N+]([O-])c1cc2c(Cl)nc(Cl)nc2c(F)c1Br. The van der Waals surface area contributed by atoms with E-state index >= 15 is 0 Å². The molecule has 1 aromatic heterocycles. The molecular formula is C8HBrCl2FN3O2. The van der Waals surface area contributed by atoms with E-state index in [1.54, 1.807) is 0 Å². The Morgan fingerprint density at radius 3 is 2.65 bits per heavy atom. The summed E-state index contributed by atoms with van der Waals surface area (Å²) >= 11 is 14.0. The van der Waals surface area contributed by atoms with Gasteiger partial charge in [0.1, 0.15) is 15.1 Å². The standard InChI is InChI=1S/C8HBrCl2FN3O2/c9-4-3(15(16)17)1-2-6(5(4)12)13-8(11)14-7(2)10/h1H. The first-order chi connectivity index (χ1) is 7.91. The highest BCUT2D eigenvalue weighted by Gasteiger charge is 2.22. The highest BCUT2D eigenvalue weighted by molar-refractivity contribution is 9.10. The Morgan fingerprint density at radius 1 is 1.41 bits per heavy atom. The van der Waals surface area contributed by atoms with Crippen LogP contribution in [0.15, 0.2) is 10.5 Å².